The molecule has 0 radical (unpaired) electrons. The highest BCUT2D eigenvalue weighted by atomic mass is 35.5. The molecule has 94 valence electrons. The lowest BCUT2D eigenvalue weighted by molar-refractivity contribution is 1.04. The Kier molecular flexibility index (Phi) is 4.55. The Hall–Kier alpha value is -0.690. The maximum atomic E-state index is 6.55. The van der Waals surface area contributed by atoms with Crippen molar-refractivity contribution in [1.29, 1.82) is 0 Å². The largest absolute Gasteiger partial charge is 0.113 e. The smallest absolute Gasteiger partial charge is 0.0852 e. The van der Waals surface area contributed by atoms with Gasteiger partial charge >= 0.3 is 0 Å². The van der Waals surface area contributed by atoms with Crippen LogP contribution in [0.3, 0.4) is 0 Å². The minimum Gasteiger partial charge on any atom is -0.113 e. The third-order valence-electron chi connectivity index (χ3n) is 2.94. The summed E-state index contributed by atoms with van der Waals surface area (Å²) in [5.41, 5.74) is 3.23. The standard InChI is InChI=1S/C15H13Cl3/c1-2-10-5-3-4-6-12(10)15(18)13-8-7-11(16)9-14(13)17/h3-9,15H,2H2,1H3. The van der Waals surface area contributed by atoms with Gasteiger partial charge in [-0.3, -0.25) is 0 Å². The monoisotopic (exact) mass is 298 g/mol. The fourth-order valence-electron chi connectivity index (χ4n) is 1.98. The summed E-state index contributed by atoms with van der Waals surface area (Å²) in [6.07, 6.45) is 0.949. The number of benzene rings is 2. The van der Waals surface area contributed by atoms with Crippen LogP contribution in [0.1, 0.15) is 29.0 Å². The van der Waals surface area contributed by atoms with Crippen LogP contribution in [0.2, 0.25) is 10.0 Å². The number of hydrogen-bond acceptors (Lipinski definition) is 0. The average Bonchev–Trinajstić information content (AvgIpc) is 2.38. The summed E-state index contributed by atoms with van der Waals surface area (Å²) >= 11 is 18.6. The lowest BCUT2D eigenvalue weighted by Gasteiger charge is -2.15. The van der Waals surface area contributed by atoms with Crippen molar-refractivity contribution in [2.45, 2.75) is 18.7 Å². The fourth-order valence-corrected chi connectivity index (χ4v) is 2.95. The van der Waals surface area contributed by atoms with Crippen molar-refractivity contribution in [2.75, 3.05) is 0 Å². The zero-order valence-electron chi connectivity index (χ0n) is 9.96. The molecule has 2 aromatic rings. The van der Waals surface area contributed by atoms with Crippen molar-refractivity contribution in [3.63, 3.8) is 0 Å². The highest BCUT2D eigenvalue weighted by Gasteiger charge is 2.16. The van der Waals surface area contributed by atoms with E-state index in [0.717, 1.165) is 17.5 Å². The Morgan fingerprint density at radius 2 is 1.72 bits per heavy atom. The summed E-state index contributed by atoms with van der Waals surface area (Å²) < 4.78 is 0. The van der Waals surface area contributed by atoms with E-state index in [1.54, 1.807) is 6.07 Å². The van der Waals surface area contributed by atoms with Crippen LogP contribution < -0.4 is 0 Å². The number of rotatable bonds is 3. The van der Waals surface area contributed by atoms with E-state index in [9.17, 15) is 0 Å². The van der Waals surface area contributed by atoms with Gasteiger partial charge < -0.3 is 0 Å². The van der Waals surface area contributed by atoms with Gasteiger partial charge in [0.05, 0.1) is 5.38 Å². The topological polar surface area (TPSA) is 0 Å². The predicted molar refractivity (Wildman–Crippen MR) is 80.0 cm³/mol. The molecule has 0 aliphatic rings. The molecular weight excluding hydrogens is 287 g/mol. The molecule has 2 aromatic carbocycles. The predicted octanol–water partition coefficient (Wildman–Crippen LogP) is 5.88. The third kappa shape index (κ3) is 2.83. The molecule has 0 aliphatic heterocycles. The molecule has 0 amide bonds. The van der Waals surface area contributed by atoms with Crippen LogP contribution in [0, 0.1) is 0 Å². The number of hydrogen-bond donors (Lipinski definition) is 0. The van der Waals surface area contributed by atoms with Gasteiger partial charge in [-0.25, -0.2) is 0 Å². The second-order valence-corrected chi connectivity index (χ2v) is 5.36. The third-order valence-corrected chi connectivity index (χ3v) is 3.98. The van der Waals surface area contributed by atoms with Gasteiger partial charge in [-0.1, -0.05) is 60.5 Å². The van der Waals surface area contributed by atoms with Crippen LogP contribution in [0.4, 0.5) is 0 Å². The van der Waals surface area contributed by atoms with Crippen molar-refractivity contribution in [3.8, 4) is 0 Å². The van der Waals surface area contributed by atoms with E-state index in [1.807, 2.05) is 30.3 Å². The summed E-state index contributed by atoms with van der Waals surface area (Å²) in [6.45, 7) is 2.12. The summed E-state index contributed by atoms with van der Waals surface area (Å²) in [5, 5.41) is 0.982. The van der Waals surface area contributed by atoms with Crippen molar-refractivity contribution in [1.82, 2.24) is 0 Å². The molecule has 0 heterocycles. The van der Waals surface area contributed by atoms with E-state index in [0.29, 0.717) is 10.0 Å². The zero-order valence-corrected chi connectivity index (χ0v) is 12.2. The molecule has 1 atom stereocenters. The normalized spacial score (nSPS) is 12.4. The number of aryl methyl sites for hydroxylation is 1. The van der Waals surface area contributed by atoms with Crippen molar-refractivity contribution in [3.05, 3.63) is 69.2 Å². The Morgan fingerprint density at radius 1 is 1.00 bits per heavy atom. The van der Waals surface area contributed by atoms with Gasteiger partial charge in [-0.05, 0) is 35.2 Å². The minimum absolute atomic E-state index is 0.245. The highest BCUT2D eigenvalue weighted by Crippen LogP contribution is 2.36. The lowest BCUT2D eigenvalue weighted by Crippen LogP contribution is -1.99. The quantitative estimate of drug-likeness (QED) is 0.620. The van der Waals surface area contributed by atoms with Crippen LogP contribution in [-0.4, -0.2) is 0 Å². The van der Waals surface area contributed by atoms with Crippen molar-refractivity contribution >= 4 is 34.8 Å². The molecule has 0 saturated carbocycles. The van der Waals surface area contributed by atoms with Crippen LogP contribution in [0.25, 0.3) is 0 Å². The van der Waals surface area contributed by atoms with Gasteiger partial charge in [-0.2, -0.15) is 0 Å². The average molecular weight is 300 g/mol. The Bertz CT molecular complexity index is 549. The second kappa shape index (κ2) is 5.97. The van der Waals surface area contributed by atoms with E-state index >= 15 is 0 Å². The molecule has 0 aliphatic carbocycles. The van der Waals surface area contributed by atoms with Crippen LogP contribution in [-0.2, 0) is 6.42 Å². The molecule has 0 aromatic heterocycles. The van der Waals surface area contributed by atoms with Crippen molar-refractivity contribution in [2.24, 2.45) is 0 Å². The lowest BCUT2D eigenvalue weighted by atomic mass is 9.98. The summed E-state index contributed by atoms with van der Waals surface area (Å²) in [6, 6.07) is 13.6. The first kappa shape index (κ1) is 13.7. The Morgan fingerprint density at radius 3 is 2.39 bits per heavy atom. The summed E-state index contributed by atoms with van der Waals surface area (Å²) in [7, 11) is 0. The molecule has 18 heavy (non-hydrogen) atoms. The zero-order chi connectivity index (χ0) is 13.1. The Balaban J connectivity index is 2.44. The van der Waals surface area contributed by atoms with Gasteiger partial charge in [0.15, 0.2) is 0 Å². The van der Waals surface area contributed by atoms with Crippen LogP contribution >= 0.6 is 34.8 Å². The number of halogens is 3. The second-order valence-electron chi connectivity index (χ2n) is 4.08. The summed E-state index contributed by atoms with van der Waals surface area (Å²) in [5.74, 6) is 0. The van der Waals surface area contributed by atoms with Gasteiger partial charge in [0.25, 0.3) is 0 Å². The van der Waals surface area contributed by atoms with E-state index in [-0.39, 0.29) is 5.38 Å². The van der Waals surface area contributed by atoms with Gasteiger partial charge in [0, 0.05) is 10.0 Å². The van der Waals surface area contributed by atoms with Crippen LogP contribution in [0.5, 0.6) is 0 Å². The van der Waals surface area contributed by atoms with Crippen molar-refractivity contribution < 1.29 is 0 Å². The molecule has 1 unspecified atom stereocenters. The first-order chi connectivity index (χ1) is 8.63. The van der Waals surface area contributed by atoms with E-state index in [1.165, 1.54) is 5.56 Å². The molecule has 0 saturated heterocycles. The summed E-state index contributed by atoms with van der Waals surface area (Å²) in [4.78, 5) is 0. The SMILES string of the molecule is CCc1ccccc1C(Cl)c1ccc(Cl)cc1Cl. The molecular formula is C15H13Cl3. The van der Waals surface area contributed by atoms with Gasteiger partial charge in [0.2, 0.25) is 0 Å². The fraction of sp³-hybridized carbons (Fsp3) is 0.200. The van der Waals surface area contributed by atoms with E-state index in [4.69, 9.17) is 34.8 Å². The Labute approximate surface area is 122 Å². The molecule has 0 spiro atoms. The van der Waals surface area contributed by atoms with Gasteiger partial charge in [0.1, 0.15) is 0 Å². The molecule has 2 rings (SSSR count). The maximum absolute atomic E-state index is 6.55. The first-order valence-electron chi connectivity index (χ1n) is 5.80. The van der Waals surface area contributed by atoms with E-state index in [2.05, 4.69) is 13.0 Å². The van der Waals surface area contributed by atoms with Crippen LogP contribution in [0.15, 0.2) is 42.5 Å². The highest BCUT2D eigenvalue weighted by molar-refractivity contribution is 6.36. The van der Waals surface area contributed by atoms with E-state index < -0.39 is 0 Å². The molecule has 3 heteroatoms. The minimum atomic E-state index is -0.245. The molecule has 0 fully saturated rings. The van der Waals surface area contributed by atoms with Gasteiger partial charge in [-0.15, -0.1) is 11.6 Å². The number of alkyl halides is 1. The molecule has 0 nitrogen and oxygen atoms in total. The molecule has 0 N–H and O–H groups in total. The molecule has 0 bridgehead atoms. The first-order valence-corrected chi connectivity index (χ1v) is 6.99. The maximum Gasteiger partial charge on any atom is 0.0852 e.